The summed E-state index contributed by atoms with van der Waals surface area (Å²) in [6.07, 6.45) is 4.40. The van der Waals surface area contributed by atoms with E-state index in [1.54, 1.807) is 11.8 Å². The fourth-order valence-corrected chi connectivity index (χ4v) is 3.23. The Hall–Kier alpha value is -0.510. The normalized spacial score (nSPS) is 22.2. The van der Waals surface area contributed by atoms with Crippen molar-refractivity contribution in [3.63, 3.8) is 0 Å². The van der Waals surface area contributed by atoms with Crippen molar-refractivity contribution in [1.82, 2.24) is 5.32 Å². The van der Waals surface area contributed by atoms with Gasteiger partial charge in [-0.05, 0) is 37.1 Å². The number of fused-ring (bicyclic) bond motifs is 1. The lowest BCUT2D eigenvalue weighted by molar-refractivity contribution is 0.270. The first-order valence-corrected chi connectivity index (χ1v) is 7.52. The molecule has 94 valence electrons. The molecule has 0 heterocycles. The number of hydrogen-bond acceptors (Lipinski definition) is 3. The zero-order valence-corrected chi connectivity index (χ0v) is 11.3. The summed E-state index contributed by atoms with van der Waals surface area (Å²) in [5, 5.41) is 13.2. The van der Waals surface area contributed by atoms with Gasteiger partial charge in [-0.1, -0.05) is 24.3 Å². The monoisotopic (exact) mass is 251 g/mol. The van der Waals surface area contributed by atoms with E-state index in [-0.39, 0.29) is 11.9 Å². The number of hydrogen-bond donors (Lipinski definition) is 2. The van der Waals surface area contributed by atoms with Crippen molar-refractivity contribution in [2.45, 2.75) is 37.1 Å². The number of aliphatic hydroxyl groups excluding tert-OH is 1. The minimum atomic E-state index is 0.240. The van der Waals surface area contributed by atoms with Crippen LogP contribution >= 0.6 is 11.8 Å². The summed E-state index contributed by atoms with van der Waals surface area (Å²) < 4.78 is 0. The van der Waals surface area contributed by atoms with Crippen molar-refractivity contribution >= 4 is 11.8 Å². The summed E-state index contributed by atoms with van der Waals surface area (Å²) in [6.45, 7) is 2.40. The van der Waals surface area contributed by atoms with Crippen LogP contribution in [0.5, 0.6) is 0 Å². The molecule has 1 aromatic carbocycles. The molecule has 0 amide bonds. The third kappa shape index (κ3) is 2.84. The molecule has 1 aliphatic carbocycles. The third-order valence-corrected chi connectivity index (χ3v) is 4.80. The Bertz CT molecular complexity index is 365. The first-order chi connectivity index (χ1) is 8.26. The van der Waals surface area contributed by atoms with Gasteiger partial charge in [-0.15, -0.1) is 0 Å². The SMILES string of the molecule is CSC(CO)C(C)NC1CCc2ccccc21. The van der Waals surface area contributed by atoms with Gasteiger partial charge < -0.3 is 10.4 Å². The number of aryl methyl sites for hydroxylation is 1. The van der Waals surface area contributed by atoms with Gasteiger partial charge in [0.05, 0.1) is 6.61 Å². The highest BCUT2D eigenvalue weighted by atomic mass is 32.2. The van der Waals surface area contributed by atoms with Crippen LogP contribution in [0, 0.1) is 0 Å². The topological polar surface area (TPSA) is 32.3 Å². The number of benzene rings is 1. The molecule has 0 saturated heterocycles. The van der Waals surface area contributed by atoms with Gasteiger partial charge in [0, 0.05) is 17.3 Å². The van der Waals surface area contributed by atoms with Crippen LogP contribution in [0.3, 0.4) is 0 Å². The standard InChI is InChI=1S/C14H21NOS/c1-10(14(9-16)17-2)15-13-8-7-11-5-3-4-6-12(11)13/h3-6,10,13-16H,7-9H2,1-2H3. The van der Waals surface area contributed by atoms with E-state index in [1.807, 2.05) is 0 Å². The number of rotatable bonds is 5. The van der Waals surface area contributed by atoms with Crippen molar-refractivity contribution in [2.75, 3.05) is 12.9 Å². The van der Waals surface area contributed by atoms with Crippen LogP contribution < -0.4 is 5.32 Å². The molecule has 0 saturated carbocycles. The maximum absolute atomic E-state index is 9.30. The molecular formula is C14H21NOS. The largest absolute Gasteiger partial charge is 0.395 e. The molecule has 2 nitrogen and oxygen atoms in total. The van der Waals surface area contributed by atoms with Crippen LogP contribution in [0.2, 0.25) is 0 Å². The lowest BCUT2D eigenvalue weighted by Crippen LogP contribution is -2.39. The molecule has 3 heteroatoms. The summed E-state index contributed by atoms with van der Waals surface area (Å²) >= 11 is 1.73. The zero-order chi connectivity index (χ0) is 12.3. The van der Waals surface area contributed by atoms with Gasteiger partial charge in [-0.25, -0.2) is 0 Å². The van der Waals surface area contributed by atoms with Gasteiger partial charge in [-0.3, -0.25) is 0 Å². The van der Waals surface area contributed by atoms with Gasteiger partial charge in [0.1, 0.15) is 0 Å². The summed E-state index contributed by atoms with van der Waals surface area (Å²) in [5.41, 5.74) is 2.92. The molecule has 17 heavy (non-hydrogen) atoms. The highest BCUT2D eigenvalue weighted by molar-refractivity contribution is 7.99. The van der Waals surface area contributed by atoms with E-state index < -0.39 is 0 Å². The van der Waals surface area contributed by atoms with Gasteiger partial charge in [0.15, 0.2) is 0 Å². The number of thioether (sulfide) groups is 1. The molecule has 0 aromatic heterocycles. The second-order valence-corrected chi connectivity index (χ2v) is 5.78. The third-order valence-electron chi connectivity index (χ3n) is 3.64. The van der Waals surface area contributed by atoms with E-state index in [4.69, 9.17) is 0 Å². The predicted molar refractivity (Wildman–Crippen MR) is 74.5 cm³/mol. The minimum Gasteiger partial charge on any atom is -0.395 e. The summed E-state index contributed by atoms with van der Waals surface area (Å²) in [4.78, 5) is 0. The highest BCUT2D eigenvalue weighted by Crippen LogP contribution is 2.31. The second kappa shape index (κ2) is 5.89. The Morgan fingerprint density at radius 1 is 1.47 bits per heavy atom. The Kier molecular flexibility index (Phi) is 4.48. The molecule has 0 spiro atoms. The highest BCUT2D eigenvalue weighted by Gasteiger charge is 2.25. The van der Waals surface area contributed by atoms with Crippen molar-refractivity contribution < 1.29 is 5.11 Å². The smallest absolute Gasteiger partial charge is 0.0564 e. The van der Waals surface area contributed by atoms with E-state index in [1.165, 1.54) is 24.0 Å². The lowest BCUT2D eigenvalue weighted by Gasteiger charge is -2.25. The molecular weight excluding hydrogens is 230 g/mol. The Morgan fingerprint density at radius 2 is 2.24 bits per heavy atom. The molecule has 1 aliphatic rings. The summed E-state index contributed by atoms with van der Waals surface area (Å²) in [7, 11) is 0. The van der Waals surface area contributed by atoms with Crippen molar-refractivity contribution in [2.24, 2.45) is 0 Å². The molecule has 1 aromatic rings. The maximum atomic E-state index is 9.30. The first kappa shape index (κ1) is 12.9. The average Bonchev–Trinajstić information content (AvgIpc) is 2.74. The zero-order valence-electron chi connectivity index (χ0n) is 10.5. The maximum Gasteiger partial charge on any atom is 0.0564 e. The van der Waals surface area contributed by atoms with Crippen molar-refractivity contribution in [1.29, 1.82) is 0 Å². The fourth-order valence-electron chi connectivity index (χ4n) is 2.59. The first-order valence-electron chi connectivity index (χ1n) is 6.23. The fraction of sp³-hybridized carbons (Fsp3) is 0.571. The van der Waals surface area contributed by atoms with Crippen molar-refractivity contribution in [3.05, 3.63) is 35.4 Å². The Morgan fingerprint density at radius 3 is 2.94 bits per heavy atom. The van der Waals surface area contributed by atoms with E-state index in [2.05, 4.69) is 42.8 Å². The van der Waals surface area contributed by atoms with E-state index in [9.17, 15) is 5.11 Å². The van der Waals surface area contributed by atoms with Gasteiger partial charge >= 0.3 is 0 Å². The molecule has 0 bridgehead atoms. The molecule has 0 aliphatic heterocycles. The van der Waals surface area contributed by atoms with Gasteiger partial charge in [0.2, 0.25) is 0 Å². The number of nitrogens with one attached hydrogen (secondary N) is 1. The number of aliphatic hydroxyl groups is 1. The quantitative estimate of drug-likeness (QED) is 0.843. The van der Waals surface area contributed by atoms with E-state index in [0.717, 1.165) is 0 Å². The van der Waals surface area contributed by atoms with Crippen LogP contribution in [-0.4, -0.2) is 29.3 Å². The molecule has 3 atom stereocenters. The molecule has 0 radical (unpaired) electrons. The molecule has 2 rings (SSSR count). The summed E-state index contributed by atoms with van der Waals surface area (Å²) in [5.74, 6) is 0. The van der Waals surface area contributed by atoms with Crippen LogP contribution in [0.1, 0.15) is 30.5 Å². The summed E-state index contributed by atoms with van der Waals surface area (Å²) in [6, 6.07) is 9.47. The van der Waals surface area contributed by atoms with Crippen LogP contribution in [-0.2, 0) is 6.42 Å². The predicted octanol–water partition coefficient (Wildman–Crippen LogP) is 2.38. The average molecular weight is 251 g/mol. The molecule has 2 N–H and O–H groups in total. The van der Waals surface area contributed by atoms with Crippen LogP contribution in [0.15, 0.2) is 24.3 Å². The molecule has 3 unspecified atom stereocenters. The van der Waals surface area contributed by atoms with E-state index in [0.29, 0.717) is 12.1 Å². The van der Waals surface area contributed by atoms with Crippen LogP contribution in [0.25, 0.3) is 0 Å². The Balaban J connectivity index is 2.02. The lowest BCUT2D eigenvalue weighted by atomic mass is 10.1. The van der Waals surface area contributed by atoms with E-state index >= 15 is 0 Å². The minimum absolute atomic E-state index is 0.240. The second-order valence-electron chi connectivity index (χ2n) is 4.70. The van der Waals surface area contributed by atoms with Gasteiger partial charge in [0.25, 0.3) is 0 Å². The van der Waals surface area contributed by atoms with Gasteiger partial charge in [-0.2, -0.15) is 11.8 Å². The molecule has 0 fully saturated rings. The Labute approximate surface area is 108 Å². The van der Waals surface area contributed by atoms with Crippen LogP contribution in [0.4, 0.5) is 0 Å². The van der Waals surface area contributed by atoms with Crippen molar-refractivity contribution in [3.8, 4) is 0 Å².